The second-order valence-electron chi connectivity index (χ2n) is 11.5. The van der Waals surface area contributed by atoms with Crippen molar-refractivity contribution >= 4 is 60.3 Å². The Labute approximate surface area is 283 Å². The zero-order valence-electron chi connectivity index (χ0n) is 27.0. The summed E-state index contributed by atoms with van der Waals surface area (Å²) < 4.78 is 110. The van der Waals surface area contributed by atoms with Crippen molar-refractivity contribution in [2.45, 2.75) is 59.8 Å². The van der Waals surface area contributed by atoms with E-state index in [1.165, 1.54) is 6.07 Å². The Bertz CT molecular complexity index is 2010. The summed E-state index contributed by atoms with van der Waals surface area (Å²) >= 11 is 6.07. The van der Waals surface area contributed by atoms with Gasteiger partial charge in [-0.1, -0.05) is 35.4 Å². The van der Waals surface area contributed by atoms with Crippen LogP contribution in [0, 0.1) is 6.92 Å². The van der Waals surface area contributed by atoms with Gasteiger partial charge in [-0.25, -0.2) is 9.13 Å². The third-order valence-corrected chi connectivity index (χ3v) is 9.88. The Hall–Kier alpha value is -3.37. The van der Waals surface area contributed by atoms with E-state index in [4.69, 9.17) is 11.6 Å². The molecule has 262 valence electrons. The van der Waals surface area contributed by atoms with Gasteiger partial charge in [0.15, 0.2) is 11.0 Å². The Morgan fingerprint density at radius 3 is 2.17 bits per heavy atom. The summed E-state index contributed by atoms with van der Waals surface area (Å²) in [6.45, 7) is 8.98. The average molecular weight is 732 g/mol. The summed E-state index contributed by atoms with van der Waals surface area (Å²) in [6, 6.07) is 8.22. The highest BCUT2D eigenvalue weighted by Gasteiger charge is 2.38. The summed E-state index contributed by atoms with van der Waals surface area (Å²) in [4.78, 5) is 3.37. The van der Waals surface area contributed by atoms with E-state index in [0.717, 1.165) is 34.1 Å². The van der Waals surface area contributed by atoms with E-state index in [2.05, 4.69) is 4.57 Å². The molecule has 0 amide bonds. The fourth-order valence-corrected chi connectivity index (χ4v) is 7.09. The second kappa shape index (κ2) is 14.6. The maximum atomic E-state index is 13.8. The molecule has 4 rings (SSSR count). The summed E-state index contributed by atoms with van der Waals surface area (Å²) in [5, 5.41) is -0.458. The van der Waals surface area contributed by atoms with E-state index < -0.39 is 42.8 Å². The number of alkyl halides is 3. The Morgan fingerprint density at radius 1 is 0.958 bits per heavy atom. The molecule has 1 aromatic heterocycles. The number of imidazole rings is 1. The largest absolute Gasteiger partial charge is 0.417 e. The quantitative estimate of drug-likeness (QED) is 0.114. The molecule has 0 spiro atoms. The fourth-order valence-electron chi connectivity index (χ4n) is 5.84. The van der Waals surface area contributed by atoms with Gasteiger partial charge >= 0.3 is 6.18 Å². The lowest BCUT2D eigenvalue weighted by atomic mass is 10.1. The third kappa shape index (κ3) is 8.80. The van der Waals surface area contributed by atoms with Gasteiger partial charge in [-0.3, -0.25) is 9.11 Å². The molecule has 0 atom stereocenters. The van der Waals surface area contributed by atoms with Crippen molar-refractivity contribution in [2.24, 2.45) is 0 Å². The number of aryl methyl sites for hydroxylation is 3. The van der Waals surface area contributed by atoms with E-state index in [0.29, 0.717) is 31.1 Å². The average Bonchev–Trinajstić information content (AvgIpc) is 3.42. The first-order chi connectivity index (χ1) is 22.3. The summed E-state index contributed by atoms with van der Waals surface area (Å²) in [7, 11) is -8.42. The number of hydrogen-bond acceptors (Lipinski definition) is 6. The molecule has 2 aromatic carbocycles. The topological polar surface area (TPSA) is 124 Å². The fraction of sp³-hybridized carbons (Fsp3) is 0.406. The van der Waals surface area contributed by atoms with E-state index in [-0.39, 0.29) is 30.8 Å². The van der Waals surface area contributed by atoms with Crippen LogP contribution in [0.3, 0.4) is 0 Å². The van der Waals surface area contributed by atoms with Gasteiger partial charge in [-0.2, -0.15) is 30.0 Å². The first kappa shape index (κ1) is 37.4. The van der Waals surface area contributed by atoms with Crippen LogP contribution in [-0.2, 0) is 39.5 Å². The Balaban J connectivity index is 1.75. The monoisotopic (exact) mass is 731 g/mol. The molecule has 0 radical (unpaired) electrons. The van der Waals surface area contributed by atoms with Gasteiger partial charge in [-0.15, -0.1) is 0 Å². The highest BCUT2D eigenvalue weighted by Crippen LogP contribution is 2.47. The maximum absolute atomic E-state index is 13.8. The number of halogens is 4. The predicted octanol–water partition coefficient (Wildman–Crippen LogP) is 6.63. The van der Waals surface area contributed by atoms with Gasteiger partial charge in [0.2, 0.25) is 0 Å². The van der Waals surface area contributed by atoms with Crippen LogP contribution in [0.1, 0.15) is 50.6 Å². The van der Waals surface area contributed by atoms with Crippen molar-refractivity contribution in [3.8, 4) is 0 Å². The van der Waals surface area contributed by atoms with Crippen molar-refractivity contribution in [1.29, 1.82) is 0 Å². The summed E-state index contributed by atoms with van der Waals surface area (Å²) in [5.41, 5.74) is 3.30. The Kier molecular flexibility index (Phi) is 11.4. The number of rotatable bonds is 13. The molecule has 0 unspecified atom stereocenters. The smallest absolute Gasteiger partial charge is 0.326 e. The van der Waals surface area contributed by atoms with Crippen LogP contribution in [-0.4, -0.2) is 55.1 Å². The van der Waals surface area contributed by atoms with Gasteiger partial charge in [-0.05, 0) is 70.0 Å². The van der Waals surface area contributed by atoms with Crippen molar-refractivity contribution in [2.75, 3.05) is 34.4 Å². The van der Waals surface area contributed by atoms with Crippen LogP contribution < -0.4 is 14.4 Å². The molecule has 2 N–H and O–H groups in total. The molecule has 0 fully saturated rings. The Morgan fingerprint density at radius 2 is 1.58 bits per heavy atom. The molecular weight excluding hydrogens is 693 g/mol. The SMILES string of the molecule is CCN1\C(=C/C=C(C)\C=C\c2n(CCCS(=O)(=O)O)c3cc(C)ccc3[n+]2CC)N(CCCS(=O)(=O)O)c2cc(C(F)(F)F)c(Cl)cc21. The second-order valence-corrected chi connectivity index (χ2v) is 15.1. The van der Waals surface area contributed by atoms with Gasteiger partial charge in [0.05, 0.1) is 46.6 Å². The standard InChI is InChI=1S/C32H38ClF3N4O6S2/c1-5-37-26-12-9-23(4)19-27(26)39(15-7-17-47(41,42)43)30(37)13-10-22(3)11-14-31-38(6-2)29-21-25(33)24(32(34,35)36)20-28(29)40(31)16-8-18-48(44,45)46/h9-14,19-21H,5-8,15-18H2,1-4H3,(H-,41,42,43,44,45,46)/p+1. The van der Waals surface area contributed by atoms with Gasteiger partial charge in [0.25, 0.3) is 26.1 Å². The van der Waals surface area contributed by atoms with Crippen LogP contribution >= 0.6 is 11.6 Å². The normalized spacial score (nSPS) is 15.5. The zero-order chi connectivity index (χ0) is 35.6. The van der Waals surface area contributed by atoms with Crippen LogP contribution in [0.15, 0.2) is 60.0 Å². The first-order valence-electron chi connectivity index (χ1n) is 15.3. The van der Waals surface area contributed by atoms with Gasteiger partial charge < -0.3 is 9.80 Å². The number of fused-ring (bicyclic) bond motifs is 2. The van der Waals surface area contributed by atoms with Crippen LogP contribution in [0.4, 0.5) is 24.5 Å². The molecule has 48 heavy (non-hydrogen) atoms. The lowest BCUT2D eigenvalue weighted by Gasteiger charge is -2.24. The molecule has 0 saturated heterocycles. The molecule has 3 aromatic rings. The van der Waals surface area contributed by atoms with Crippen molar-refractivity contribution < 1.29 is 43.7 Å². The number of anilines is 2. The summed E-state index contributed by atoms with van der Waals surface area (Å²) in [6.07, 6.45) is 2.73. The predicted molar refractivity (Wildman–Crippen MR) is 182 cm³/mol. The number of nitrogens with zero attached hydrogens (tertiary/aromatic N) is 4. The molecule has 1 aliphatic heterocycles. The van der Waals surface area contributed by atoms with E-state index >= 15 is 0 Å². The molecule has 0 bridgehead atoms. The minimum absolute atomic E-state index is 0.0103. The number of aromatic nitrogens is 2. The molecule has 0 saturated carbocycles. The number of hydrogen-bond donors (Lipinski definition) is 2. The van der Waals surface area contributed by atoms with E-state index in [9.17, 15) is 39.1 Å². The minimum atomic E-state index is -4.71. The molecule has 2 heterocycles. The summed E-state index contributed by atoms with van der Waals surface area (Å²) in [5.74, 6) is 0.362. The molecular formula is C32H39ClF3N4O6S2+. The third-order valence-electron chi connectivity index (χ3n) is 7.96. The van der Waals surface area contributed by atoms with Crippen molar-refractivity contribution in [1.82, 2.24) is 4.57 Å². The number of benzene rings is 2. The van der Waals surface area contributed by atoms with Crippen molar-refractivity contribution in [3.63, 3.8) is 0 Å². The van der Waals surface area contributed by atoms with Crippen LogP contribution in [0.5, 0.6) is 0 Å². The molecule has 1 aliphatic rings. The van der Waals surface area contributed by atoms with Gasteiger partial charge in [0.1, 0.15) is 5.82 Å². The first-order valence-corrected chi connectivity index (χ1v) is 18.9. The molecule has 0 aliphatic carbocycles. The lowest BCUT2D eigenvalue weighted by Crippen LogP contribution is -2.35. The lowest BCUT2D eigenvalue weighted by molar-refractivity contribution is -0.670. The van der Waals surface area contributed by atoms with E-state index in [1.54, 1.807) is 22.0 Å². The highest BCUT2D eigenvalue weighted by molar-refractivity contribution is 7.86. The number of allylic oxidation sites excluding steroid dienone is 4. The molecule has 10 nitrogen and oxygen atoms in total. The van der Waals surface area contributed by atoms with E-state index in [1.807, 2.05) is 62.6 Å². The minimum Gasteiger partial charge on any atom is -0.326 e. The highest BCUT2D eigenvalue weighted by atomic mass is 35.5. The van der Waals surface area contributed by atoms with Crippen LogP contribution in [0.25, 0.3) is 17.1 Å². The van der Waals surface area contributed by atoms with Gasteiger partial charge in [0, 0.05) is 25.6 Å². The zero-order valence-corrected chi connectivity index (χ0v) is 29.4. The van der Waals surface area contributed by atoms with Crippen molar-refractivity contribution in [3.05, 3.63) is 81.9 Å². The maximum Gasteiger partial charge on any atom is 0.417 e. The molecule has 16 heteroatoms. The van der Waals surface area contributed by atoms with Crippen LogP contribution in [0.2, 0.25) is 5.02 Å².